The first-order valence-corrected chi connectivity index (χ1v) is 7.71. The van der Waals surface area contributed by atoms with Crippen LogP contribution in [-0.2, 0) is 18.0 Å². The molecule has 0 radical (unpaired) electrons. The van der Waals surface area contributed by atoms with Gasteiger partial charge in [-0.25, -0.2) is 9.13 Å². The predicted molar refractivity (Wildman–Crippen MR) is 56.4 cm³/mol. The summed E-state index contributed by atoms with van der Waals surface area (Å²) in [4.78, 5) is 25.7. The van der Waals surface area contributed by atoms with E-state index < -0.39 is 21.7 Å². The number of unbranched alkanes of at least 4 members (excludes halogenated alkanes) is 1. The first kappa shape index (κ1) is 16.2. The lowest BCUT2D eigenvalue weighted by atomic mass is 10.2. The summed E-state index contributed by atoms with van der Waals surface area (Å²) in [5, 5.41) is 0. The zero-order valence-electron chi connectivity index (χ0n) is 8.85. The van der Waals surface area contributed by atoms with E-state index in [0.29, 0.717) is 6.42 Å². The maximum Gasteiger partial charge on any atom is 0.481 e. The van der Waals surface area contributed by atoms with Crippen molar-refractivity contribution in [2.75, 3.05) is 6.54 Å². The predicted octanol–water partition coefficient (Wildman–Crippen LogP) is 0.730. The second-order valence-corrected chi connectivity index (χ2v) is 5.93. The number of hydrogen-bond acceptors (Lipinski definition) is 5. The number of phosphoric ester groups is 1. The number of phosphoric acid groups is 2. The highest BCUT2D eigenvalue weighted by Crippen LogP contribution is 2.58. The Morgan fingerprint density at radius 1 is 1.31 bits per heavy atom. The van der Waals surface area contributed by atoms with Crippen LogP contribution in [0.3, 0.4) is 0 Å². The Balaban J connectivity index is 4.31. The van der Waals surface area contributed by atoms with Gasteiger partial charge in [0.1, 0.15) is 0 Å². The van der Waals surface area contributed by atoms with Crippen molar-refractivity contribution in [3.63, 3.8) is 0 Å². The molecule has 8 nitrogen and oxygen atoms in total. The van der Waals surface area contributed by atoms with Crippen molar-refractivity contribution in [1.82, 2.24) is 0 Å². The van der Waals surface area contributed by atoms with Gasteiger partial charge in [-0.3, -0.25) is 4.52 Å². The molecule has 10 heteroatoms. The van der Waals surface area contributed by atoms with Gasteiger partial charge in [0.05, 0.1) is 6.10 Å². The summed E-state index contributed by atoms with van der Waals surface area (Å²) in [6.45, 7) is 1.88. The third-order valence-corrected chi connectivity index (χ3v) is 3.88. The van der Waals surface area contributed by atoms with Crippen molar-refractivity contribution in [1.29, 1.82) is 0 Å². The van der Waals surface area contributed by atoms with E-state index >= 15 is 0 Å². The molecule has 0 aromatic heterocycles. The maximum atomic E-state index is 11.1. The van der Waals surface area contributed by atoms with Gasteiger partial charge in [-0.1, -0.05) is 19.8 Å². The Hall–Kier alpha value is 0.220. The monoisotopic (exact) mass is 277 g/mol. The fourth-order valence-corrected chi connectivity index (χ4v) is 2.78. The summed E-state index contributed by atoms with van der Waals surface area (Å²) in [6, 6.07) is 0. The zero-order valence-corrected chi connectivity index (χ0v) is 10.6. The molecule has 0 aliphatic heterocycles. The van der Waals surface area contributed by atoms with Crippen LogP contribution in [0.2, 0.25) is 0 Å². The minimum Gasteiger partial charge on any atom is -0.328 e. The molecule has 0 amide bonds. The number of rotatable bonds is 8. The number of nitrogens with two attached hydrogens (primary N) is 1. The van der Waals surface area contributed by atoms with Crippen LogP contribution in [0.25, 0.3) is 0 Å². The van der Waals surface area contributed by atoms with Gasteiger partial charge in [0.2, 0.25) is 0 Å². The van der Waals surface area contributed by atoms with Crippen LogP contribution in [-0.4, -0.2) is 27.3 Å². The van der Waals surface area contributed by atoms with Crippen LogP contribution in [0.4, 0.5) is 0 Å². The van der Waals surface area contributed by atoms with Crippen molar-refractivity contribution >= 4 is 15.6 Å². The molecule has 2 atom stereocenters. The standard InChI is InChI=1S/C6H17NO7P2/c1-2-3-4-6(5-7)13-16(11,12)14-15(8,9)10/h6H,2-5,7H2,1H3,(H,11,12)(H2,8,9,10). The van der Waals surface area contributed by atoms with E-state index in [2.05, 4.69) is 8.83 Å². The fraction of sp³-hybridized carbons (Fsp3) is 1.00. The average Bonchev–Trinajstić information content (AvgIpc) is 2.07. The maximum absolute atomic E-state index is 11.1. The molecular weight excluding hydrogens is 260 g/mol. The third kappa shape index (κ3) is 8.38. The topological polar surface area (TPSA) is 139 Å². The van der Waals surface area contributed by atoms with Crippen LogP contribution < -0.4 is 5.73 Å². The molecule has 0 aliphatic rings. The van der Waals surface area contributed by atoms with E-state index in [1.54, 1.807) is 0 Å². The Morgan fingerprint density at radius 3 is 2.25 bits per heavy atom. The Kier molecular flexibility index (Phi) is 6.93. The summed E-state index contributed by atoms with van der Waals surface area (Å²) in [5.41, 5.74) is 5.28. The van der Waals surface area contributed by atoms with E-state index in [0.717, 1.165) is 12.8 Å². The van der Waals surface area contributed by atoms with Crippen molar-refractivity contribution in [3.05, 3.63) is 0 Å². The first-order chi connectivity index (χ1) is 7.20. The Labute approximate surface area is 93.6 Å². The van der Waals surface area contributed by atoms with E-state index in [1.807, 2.05) is 6.92 Å². The minimum absolute atomic E-state index is 0.0327. The molecule has 0 spiro atoms. The third-order valence-electron chi connectivity index (χ3n) is 1.63. The van der Waals surface area contributed by atoms with Crippen LogP contribution in [0.5, 0.6) is 0 Å². The summed E-state index contributed by atoms with van der Waals surface area (Å²) in [5.74, 6) is 0. The van der Waals surface area contributed by atoms with Crippen molar-refractivity contribution < 1.29 is 32.6 Å². The smallest absolute Gasteiger partial charge is 0.328 e. The van der Waals surface area contributed by atoms with Crippen LogP contribution in [0.15, 0.2) is 0 Å². The van der Waals surface area contributed by atoms with E-state index in [-0.39, 0.29) is 6.54 Å². The lowest BCUT2D eigenvalue weighted by Gasteiger charge is -2.19. The molecule has 5 N–H and O–H groups in total. The second kappa shape index (κ2) is 6.83. The highest BCUT2D eigenvalue weighted by atomic mass is 31.3. The molecule has 0 aliphatic carbocycles. The van der Waals surface area contributed by atoms with Gasteiger partial charge in [0.25, 0.3) is 0 Å². The molecule has 0 saturated carbocycles. The molecule has 98 valence electrons. The molecule has 0 bridgehead atoms. The quantitative estimate of drug-likeness (QED) is 0.476. The van der Waals surface area contributed by atoms with Gasteiger partial charge in [0.15, 0.2) is 0 Å². The highest BCUT2D eigenvalue weighted by Gasteiger charge is 2.34. The van der Waals surface area contributed by atoms with Crippen molar-refractivity contribution in [2.45, 2.75) is 32.3 Å². The number of hydrogen-bond donors (Lipinski definition) is 4. The Morgan fingerprint density at radius 2 is 1.88 bits per heavy atom. The van der Waals surface area contributed by atoms with Crippen LogP contribution in [0, 0.1) is 0 Å². The lowest BCUT2D eigenvalue weighted by molar-refractivity contribution is 0.124. The molecule has 0 aromatic rings. The summed E-state index contributed by atoms with van der Waals surface area (Å²) in [7, 11) is -9.83. The van der Waals surface area contributed by atoms with Gasteiger partial charge >= 0.3 is 15.6 Å². The van der Waals surface area contributed by atoms with Crippen molar-refractivity contribution in [3.8, 4) is 0 Å². The van der Waals surface area contributed by atoms with Crippen LogP contribution >= 0.6 is 15.6 Å². The molecule has 0 saturated heterocycles. The highest BCUT2D eigenvalue weighted by molar-refractivity contribution is 7.60. The van der Waals surface area contributed by atoms with E-state index in [4.69, 9.17) is 20.4 Å². The van der Waals surface area contributed by atoms with Gasteiger partial charge in [-0.2, -0.15) is 4.31 Å². The molecule has 2 unspecified atom stereocenters. The van der Waals surface area contributed by atoms with Gasteiger partial charge in [-0.05, 0) is 6.42 Å². The average molecular weight is 277 g/mol. The molecular formula is C6H17NO7P2. The van der Waals surface area contributed by atoms with Crippen molar-refractivity contribution in [2.24, 2.45) is 5.73 Å². The summed E-state index contributed by atoms with van der Waals surface area (Å²) >= 11 is 0. The largest absolute Gasteiger partial charge is 0.481 e. The molecule has 0 rings (SSSR count). The Bertz CT molecular complexity index is 291. The fourth-order valence-electron chi connectivity index (χ4n) is 0.987. The normalized spacial score (nSPS) is 18.1. The first-order valence-electron chi connectivity index (χ1n) is 4.68. The molecule has 16 heavy (non-hydrogen) atoms. The van der Waals surface area contributed by atoms with Gasteiger partial charge < -0.3 is 20.4 Å². The van der Waals surface area contributed by atoms with Gasteiger partial charge in [0, 0.05) is 6.54 Å². The zero-order chi connectivity index (χ0) is 12.8. The van der Waals surface area contributed by atoms with Gasteiger partial charge in [-0.15, -0.1) is 0 Å². The summed E-state index contributed by atoms with van der Waals surface area (Å²) < 4.78 is 29.7. The molecule has 0 aromatic carbocycles. The molecule has 0 heterocycles. The minimum atomic E-state index is -5.06. The lowest BCUT2D eigenvalue weighted by Crippen LogP contribution is -2.22. The molecule has 0 fully saturated rings. The van der Waals surface area contributed by atoms with Crippen LogP contribution in [0.1, 0.15) is 26.2 Å². The van der Waals surface area contributed by atoms with E-state index in [1.165, 1.54) is 0 Å². The SMILES string of the molecule is CCCCC(CN)OP(=O)(O)OP(=O)(O)O. The van der Waals surface area contributed by atoms with E-state index in [9.17, 15) is 9.13 Å². The second-order valence-electron chi connectivity index (χ2n) is 3.15. The summed E-state index contributed by atoms with van der Waals surface area (Å²) in [6.07, 6.45) is 1.22.